The van der Waals surface area contributed by atoms with E-state index in [0.29, 0.717) is 17.3 Å². The number of aryl methyl sites for hydroxylation is 1. The maximum Gasteiger partial charge on any atom is 0.294 e. The second-order valence-electron chi connectivity index (χ2n) is 5.05. The van der Waals surface area contributed by atoms with Gasteiger partial charge in [0, 0.05) is 22.8 Å². The molecular weight excluding hydrogens is 368 g/mol. The summed E-state index contributed by atoms with van der Waals surface area (Å²) in [5.74, 6) is -0.517. The van der Waals surface area contributed by atoms with Gasteiger partial charge in [-0.3, -0.25) is 19.7 Å². The standard InChI is InChI=1S/C15H15ClN4O4S/c1-2-3-10-7-13(21)19-15(17-10)25-8-14(22)18-11-5-4-9(16)6-12(11)20(23)24/h4-7H,2-3,8H2,1H3,(H,18,22)(H,17,19,21). The van der Waals surface area contributed by atoms with Gasteiger partial charge >= 0.3 is 0 Å². The van der Waals surface area contributed by atoms with Crippen LogP contribution >= 0.6 is 23.4 Å². The molecule has 10 heteroatoms. The highest BCUT2D eigenvalue weighted by atomic mass is 35.5. The number of anilines is 1. The SMILES string of the molecule is CCCc1cc(=O)[nH]c(SCC(=O)Nc2ccc(Cl)cc2[N+](=O)[O-])n1. The van der Waals surface area contributed by atoms with E-state index in [0.717, 1.165) is 24.2 Å². The van der Waals surface area contributed by atoms with E-state index in [1.54, 1.807) is 0 Å². The number of amides is 1. The lowest BCUT2D eigenvalue weighted by molar-refractivity contribution is -0.383. The van der Waals surface area contributed by atoms with Crippen molar-refractivity contribution in [3.63, 3.8) is 0 Å². The van der Waals surface area contributed by atoms with E-state index >= 15 is 0 Å². The van der Waals surface area contributed by atoms with E-state index in [9.17, 15) is 19.7 Å². The molecule has 0 saturated heterocycles. The molecule has 1 aromatic carbocycles. The van der Waals surface area contributed by atoms with Gasteiger partial charge in [0.05, 0.1) is 10.7 Å². The molecule has 1 heterocycles. The van der Waals surface area contributed by atoms with Gasteiger partial charge in [-0.25, -0.2) is 4.98 Å². The number of aromatic nitrogens is 2. The predicted octanol–water partition coefficient (Wildman–Crippen LogP) is 3.01. The first kappa shape index (κ1) is 18.9. The van der Waals surface area contributed by atoms with Crippen LogP contribution in [-0.4, -0.2) is 26.6 Å². The fourth-order valence-electron chi connectivity index (χ4n) is 2.02. The van der Waals surface area contributed by atoms with E-state index < -0.39 is 10.8 Å². The van der Waals surface area contributed by atoms with Crippen molar-refractivity contribution in [3.8, 4) is 0 Å². The minimum Gasteiger partial charge on any atom is -0.320 e. The molecule has 0 aliphatic heterocycles. The third kappa shape index (κ3) is 5.57. The number of carbonyl (C=O) groups excluding carboxylic acids is 1. The van der Waals surface area contributed by atoms with Gasteiger partial charge < -0.3 is 10.3 Å². The molecule has 0 atom stereocenters. The first-order chi connectivity index (χ1) is 11.9. The monoisotopic (exact) mass is 382 g/mol. The van der Waals surface area contributed by atoms with Crippen LogP contribution in [0.1, 0.15) is 19.0 Å². The fourth-order valence-corrected chi connectivity index (χ4v) is 2.88. The largest absolute Gasteiger partial charge is 0.320 e. The van der Waals surface area contributed by atoms with E-state index in [1.807, 2.05) is 6.92 Å². The molecule has 2 aromatic rings. The summed E-state index contributed by atoms with van der Waals surface area (Å²) in [6.45, 7) is 1.97. The van der Waals surface area contributed by atoms with Crippen molar-refractivity contribution in [1.82, 2.24) is 9.97 Å². The summed E-state index contributed by atoms with van der Waals surface area (Å²) in [4.78, 5) is 40.8. The molecule has 132 valence electrons. The van der Waals surface area contributed by atoms with Crippen LogP contribution in [0.4, 0.5) is 11.4 Å². The minimum atomic E-state index is -0.623. The molecule has 0 aliphatic rings. The van der Waals surface area contributed by atoms with E-state index in [2.05, 4.69) is 15.3 Å². The summed E-state index contributed by atoms with van der Waals surface area (Å²) in [5, 5.41) is 14.0. The van der Waals surface area contributed by atoms with E-state index in [-0.39, 0.29) is 27.7 Å². The molecule has 8 nitrogen and oxygen atoms in total. The highest BCUT2D eigenvalue weighted by Gasteiger charge is 2.16. The topological polar surface area (TPSA) is 118 Å². The Hall–Kier alpha value is -2.39. The van der Waals surface area contributed by atoms with Crippen LogP contribution in [0.2, 0.25) is 5.02 Å². The van der Waals surface area contributed by atoms with Crippen molar-refractivity contribution >= 4 is 40.6 Å². The average Bonchev–Trinajstić information content (AvgIpc) is 2.54. The van der Waals surface area contributed by atoms with Crippen molar-refractivity contribution in [2.45, 2.75) is 24.9 Å². The summed E-state index contributed by atoms with van der Waals surface area (Å²) >= 11 is 6.78. The zero-order valence-electron chi connectivity index (χ0n) is 13.2. The third-order valence-electron chi connectivity index (χ3n) is 3.05. The Labute approximate surface area is 152 Å². The number of nitro benzene ring substituents is 1. The number of nitrogens with one attached hydrogen (secondary N) is 2. The van der Waals surface area contributed by atoms with Crippen LogP contribution in [0.15, 0.2) is 34.2 Å². The number of rotatable bonds is 7. The van der Waals surface area contributed by atoms with Crippen molar-refractivity contribution in [2.75, 3.05) is 11.1 Å². The summed E-state index contributed by atoms with van der Waals surface area (Å²) in [6.07, 6.45) is 1.52. The van der Waals surface area contributed by atoms with Gasteiger partial charge in [0.1, 0.15) is 5.69 Å². The van der Waals surface area contributed by atoms with Crippen LogP contribution in [0, 0.1) is 10.1 Å². The Morgan fingerprint density at radius 3 is 2.88 bits per heavy atom. The molecule has 1 amide bonds. The average molecular weight is 383 g/mol. The smallest absolute Gasteiger partial charge is 0.294 e. The van der Waals surface area contributed by atoms with Crippen LogP contribution in [-0.2, 0) is 11.2 Å². The number of aromatic amines is 1. The first-order valence-corrected chi connectivity index (χ1v) is 8.72. The predicted molar refractivity (Wildman–Crippen MR) is 96.3 cm³/mol. The Balaban J connectivity index is 2.04. The van der Waals surface area contributed by atoms with Crippen LogP contribution in [0.5, 0.6) is 0 Å². The first-order valence-electron chi connectivity index (χ1n) is 7.36. The molecule has 2 rings (SSSR count). The number of carbonyl (C=O) groups is 1. The third-order valence-corrected chi connectivity index (χ3v) is 4.16. The summed E-state index contributed by atoms with van der Waals surface area (Å²) in [6, 6.07) is 5.40. The van der Waals surface area contributed by atoms with Gasteiger partial charge in [0.15, 0.2) is 5.16 Å². The number of halogens is 1. The van der Waals surface area contributed by atoms with Gasteiger partial charge in [-0.15, -0.1) is 0 Å². The molecular formula is C15H15ClN4O4S. The molecule has 0 spiro atoms. The van der Waals surface area contributed by atoms with Crippen LogP contribution < -0.4 is 10.9 Å². The zero-order chi connectivity index (χ0) is 18.4. The van der Waals surface area contributed by atoms with Gasteiger partial charge in [-0.05, 0) is 18.6 Å². The van der Waals surface area contributed by atoms with E-state index in [1.165, 1.54) is 18.2 Å². The quantitative estimate of drug-likeness (QED) is 0.329. The lowest BCUT2D eigenvalue weighted by atomic mass is 10.2. The van der Waals surface area contributed by atoms with Crippen LogP contribution in [0.3, 0.4) is 0 Å². The molecule has 0 unspecified atom stereocenters. The number of nitro groups is 1. The number of nitrogens with zero attached hydrogens (tertiary/aromatic N) is 2. The lowest BCUT2D eigenvalue weighted by Crippen LogP contribution is -2.16. The molecule has 2 N–H and O–H groups in total. The summed E-state index contributed by atoms with van der Waals surface area (Å²) in [5.41, 5.74) is 0.140. The number of hydrogen-bond acceptors (Lipinski definition) is 6. The van der Waals surface area contributed by atoms with Gasteiger partial charge in [-0.1, -0.05) is 36.7 Å². The molecule has 25 heavy (non-hydrogen) atoms. The maximum atomic E-state index is 12.0. The molecule has 0 saturated carbocycles. The van der Waals surface area contributed by atoms with Gasteiger partial charge in [-0.2, -0.15) is 0 Å². The number of hydrogen-bond donors (Lipinski definition) is 2. The number of thioether (sulfide) groups is 1. The Kier molecular flexibility index (Phi) is 6.54. The normalized spacial score (nSPS) is 10.5. The second kappa shape index (κ2) is 8.63. The second-order valence-corrected chi connectivity index (χ2v) is 6.45. The van der Waals surface area contributed by atoms with Crippen LogP contribution in [0.25, 0.3) is 0 Å². The lowest BCUT2D eigenvalue weighted by Gasteiger charge is -2.06. The molecule has 0 bridgehead atoms. The molecule has 0 aliphatic carbocycles. The van der Waals surface area contributed by atoms with Crippen molar-refractivity contribution < 1.29 is 9.72 Å². The molecule has 0 radical (unpaired) electrons. The van der Waals surface area contributed by atoms with Gasteiger partial charge in [0.25, 0.3) is 11.2 Å². The van der Waals surface area contributed by atoms with Crippen molar-refractivity contribution in [3.05, 3.63) is 55.5 Å². The number of H-pyrrole nitrogens is 1. The Morgan fingerprint density at radius 1 is 1.44 bits per heavy atom. The highest BCUT2D eigenvalue weighted by Crippen LogP contribution is 2.28. The van der Waals surface area contributed by atoms with Gasteiger partial charge in [0.2, 0.25) is 5.91 Å². The molecule has 1 aromatic heterocycles. The molecule has 0 fully saturated rings. The minimum absolute atomic E-state index is 0.0567. The van der Waals surface area contributed by atoms with Crippen molar-refractivity contribution in [1.29, 1.82) is 0 Å². The summed E-state index contributed by atoms with van der Waals surface area (Å²) in [7, 11) is 0. The van der Waals surface area contributed by atoms with E-state index in [4.69, 9.17) is 11.6 Å². The zero-order valence-corrected chi connectivity index (χ0v) is 14.8. The maximum absolute atomic E-state index is 12.0. The Bertz CT molecular complexity index is 856. The number of benzene rings is 1. The Morgan fingerprint density at radius 2 is 2.20 bits per heavy atom. The highest BCUT2D eigenvalue weighted by molar-refractivity contribution is 7.99. The summed E-state index contributed by atoms with van der Waals surface area (Å²) < 4.78 is 0. The van der Waals surface area contributed by atoms with Crippen molar-refractivity contribution in [2.24, 2.45) is 0 Å². The fraction of sp³-hybridized carbons (Fsp3) is 0.267.